The number of carbonyl (C=O) groups is 1. The summed E-state index contributed by atoms with van der Waals surface area (Å²) in [6.07, 6.45) is 2.03. The van der Waals surface area contributed by atoms with E-state index in [0.29, 0.717) is 0 Å². The summed E-state index contributed by atoms with van der Waals surface area (Å²) >= 11 is 1.70. The quantitative estimate of drug-likeness (QED) is 0.584. The summed E-state index contributed by atoms with van der Waals surface area (Å²) in [7, 11) is 0. The van der Waals surface area contributed by atoms with Crippen LogP contribution in [-0.4, -0.2) is 18.8 Å². The number of benzene rings is 1. The normalized spacial score (nSPS) is 12.4. The Hall–Kier alpha value is -1.04. The number of thioether (sulfide) groups is 1. The molecule has 1 aromatic carbocycles. The Morgan fingerprint density at radius 1 is 1.50 bits per heavy atom. The molecule has 1 atom stereocenters. The van der Waals surface area contributed by atoms with E-state index in [1.54, 1.807) is 11.8 Å². The molecule has 1 amide bonds. The van der Waals surface area contributed by atoms with Gasteiger partial charge in [0.2, 0.25) is 5.91 Å². The molecular weight excluding hydrogens is 224 g/mol. The van der Waals surface area contributed by atoms with Gasteiger partial charge in [0, 0.05) is 4.90 Å². The Morgan fingerprint density at radius 2 is 2.12 bits per heavy atom. The Morgan fingerprint density at radius 3 is 2.62 bits per heavy atom. The lowest BCUT2D eigenvalue weighted by Crippen LogP contribution is -2.26. The lowest BCUT2D eigenvalue weighted by atomic mass is 10.1. The number of nitrogens with two attached hydrogens (primary N) is 1. The topological polar surface area (TPSA) is 64.3 Å². The summed E-state index contributed by atoms with van der Waals surface area (Å²) in [6, 6.07) is 8.17. The van der Waals surface area contributed by atoms with Gasteiger partial charge in [-0.3, -0.25) is 9.63 Å². The highest BCUT2D eigenvalue weighted by atomic mass is 32.2. The van der Waals surface area contributed by atoms with E-state index >= 15 is 0 Å². The van der Waals surface area contributed by atoms with Crippen LogP contribution < -0.4 is 11.2 Å². The van der Waals surface area contributed by atoms with Gasteiger partial charge in [-0.1, -0.05) is 12.1 Å². The molecule has 4 nitrogen and oxygen atoms in total. The van der Waals surface area contributed by atoms with E-state index in [0.717, 1.165) is 5.56 Å². The molecule has 0 aliphatic heterocycles. The molecule has 0 saturated carbocycles. The number of rotatable bonds is 6. The van der Waals surface area contributed by atoms with Gasteiger partial charge in [-0.25, -0.2) is 0 Å². The van der Waals surface area contributed by atoms with Crippen molar-refractivity contribution in [2.24, 2.45) is 5.73 Å². The fourth-order valence-corrected chi connectivity index (χ4v) is 1.61. The zero-order chi connectivity index (χ0) is 12.0. The molecule has 0 heterocycles. The van der Waals surface area contributed by atoms with E-state index in [-0.39, 0.29) is 12.6 Å². The van der Waals surface area contributed by atoms with E-state index in [1.165, 1.54) is 4.90 Å². The monoisotopic (exact) mass is 240 g/mol. The summed E-state index contributed by atoms with van der Waals surface area (Å²) in [6.45, 7) is 1.84. The van der Waals surface area contributed by atoms with Gasteiger partial charge in [0.05, 0.1) is 6.04 Å². The highest BCUT2D eigenvalue weighted by molar-refractivity contribution is 7.98. The minimum atomic E-state index is -0.488. The molecule has 0 saturated heterocycles. The Bertz CT molecular complexity index is 340. The maximum absolute atomic E-state index is 10.5. The molecule has 3 N–H and O–H groups in total. The molecule has 88 valence electrons. The first-order chi connectivity index (χ1) is 7.63. The number of primary amides is 1. The number of hydrogen-bond acceptors (Lipinski definition) is 4. The summed E-state index contributed by atoms with van der Waals surface area (Å²) in [5.74, 6) is -0.488. The molecule has 16 heavy (non-hydrogen) atoms. The third kappa shape index (κ3) is 4.22. The average Bonchev–Trinajstić information content (AvgIpc) is 2.28. The Kier molecular flexibility index (Phi) is 5.31. The van der Waals surface area contributed by atoms with Crippen LogP contribution >= 0.6 is 11.8 Å². The number of hydroxylamine groups is 1. The molecule has 0 radical (unpaired) electrons. The molecule has 0 aliphatic rings. The average molecular weight is 240 g/mol. The van der Waals surface area contributed by atoms with Gasteiger partial charge in [0.25, 0.3) is 0 Å². The molecule has 0 fully saturated rings. The first kappa shape index (κ1) is 13.0. The third-order valence-electron chi connectivity index (χ3n) is 2.09. The predicted molar refractivity (Wildman–Crippen MR) is 64.9 cm³/mol. The second kappa shape index (κ2) is 6.52. The van der Waals surface area contributed by atoms with Crippen molar-refractivity contribution in [1.82, 2.24) is 5.48 Å². The molecule has 0 aromatic heterocycles. The minimum Gasteiger partial charge on any atom is -0.368 e. The number of hydrogen-bond donors (Lipinski definition) is 2. The molecule has 1 aromatic rings. The number of nitrogens with one attached hydrogen (secondary N) is 1. The van der Waals surface area contributed by atoms with E-state index in [2.05, 4.69) is 5.48 Å². The zero-order valence-corrected chi connectivity index (χ0v) is 10.2. The van der Waals surface area contributed by atoms with Gasteiger partial charge in [-0.2, -0.15) is 5.48 Å². The molecule has 1 unspecified atom stereocenters. The maximum atomic E-state index is 10.5. The standard InChI is InChI=1S/C11H16N2O2S/c1-8(13-15-7-11(12)14)9-3-5-10(16-2)6-4-9/h3-6,8,13H,7H2,1-2H3,(H2,12,14). The van der Waals surface area contributed by atoms with Crippen LogP contribution in [-0.2, 0) is 9.63 Å². The minimum absolute atomic E-state index is 0.0234. The predicted octanol–water partition coefficient (Wildman–Crippen LogP) is 1.48. The van der Waals surface area contributed by atoms with Gasteiger partial charge >= 0.3 is 0 Å². The SMILES string of the molecule is CSc1ccc(C(C)NOCC(N)=O)cc1. The van der Waals surface area contributed by atoms with Gasteiger partial charge < -0.3 is 5.73 Å². The van der Waals surface area contributed by atoms with Crippen LogP contribution in [0.4, 0.5) is 0 Å². The fraction of sp³-hybridized carbons (Fsp3) is 0.364. The second-order valence-corrected chi connectivity index (χ2v) is 4.25. The first-order valence-corrected chi connectivity index (χ1v) is 6.15. The van der Waals surface area contributed by atoms with E-state index in [4.69, 9.17) is 10.6 Å². The van der Waals surface area contributed by atoms with Gasteiger partial charge in [0.15, 0.2) is 0 Å². The smallest absolute Gasteiger partial charge is 0.245 e. The first-order valence-electron chi connectivity index (χ1n) is 4.93. The molecular formula is C11H16N2O2S. The van der Waals surface area contributed by atoms with Crippen LogP contribution in [0.1, 0.15) is 18.5 Å². The highest BCUT2D eigenvalue weighted by Gasteiger charge is 2.05. The molecule has 0 aliphatic carbocycles. The molecule has 5 heteroatoms. The van der Waals surface area contributed by atoms with E-state index in [9.17, 15) is 4.79 Å². The number of amides is 1. The van der Waals surface area contributed by atoms with Crippen molar-refractivity contribution in [3.8, 4) is 0 Å². The lowest BCUT2D eigenvalue weighted by molar-refractivity contribution is -0.126. The maximum Gasteiger partial charge on any atom is 0.245 e. The van der Waals surface area contributed by atoms with Crippen LogP contribution in [0.15, 0.2) is 29.2 Å². The van der Waals surface area contributed by atoms with Crippen molar-refractivity contribution in [2.75, 3.05) is 12.9 Å². The third-order valence-corrected chi connectivity index (χ3v) is 2.83. The van der Waals surface area contributed by atoms with Crippen LogP contribution in [0, 0.1) is 0 Å². The van der Waals surface area contributed by atoms with Crippen molar-refractivity contribution in [1.29, 1.82) is 0 Å². The second-order valence-electron chi connectivity index (χ2n) is 3.37. The Balaban J connectivity index is 2.45. The van der Waals surface area contributed by atoms with Crippen molar-refractivity contribution in [2.45, 2.75) is 17.9 Å². The van der Waals surface area contributed by atoms with Gasteiger partial charge in [0.1, 0.15) is 6.61 Å². The van der Waals surface area contributed by atoms with Gasteiger partial charge in [-0.15, -0.1) is 11.8 Å². The molecule has 0 spiro atoms. The summed E-state index contributed by atoms with van der Waals surface area (Å²) in [5, 5.41) is 0. The van der Waals surface area contributed by atoms with Gasteiger partial charge in [-0.05, 0) is 30.9 Å². The number of carbonyl (C=O) groups excluding carboxylic acids is 1. The lowest BCUT2D eigenvalue weighted by Gasteiger charge is -2.13. The largest absolute Gasteiger partial charge is 0.368 e. The van der Waals surface area contributed by atoms with Crippen LogP contribution in [0.2, 0.25) is 0 Å². The van der Waals surface area contributed by atoms with E-state index < -0.39 is 5.91 Å². The highest BCUT2D eigenvalue weighted by Crippen LogP contribution is 2.18. The van der Waals surface area contributed by atoms with Crippen molar-refractivity contribution in [3.63, 3.8) is 0 Å². The summed E-state index contributed by atoms with van der Waals surface area (Å²) in [5.41, 5.74) is 8.81. The van der Waals surface area contributed by atoms with Crippen molar-refractivity contribution >= 4 is 17.7 Å². The molecule has 0 bridgehead atoms. The van der Waals surface area contributed by atoms with Crippen LogP contribution in [0.3, 0.4) is 0 Å². The van der Waals surface area contributed by atoms with Crippen LogP contribution in [0.25, 0.3) is 0 Å². The zero-order valence-electron chi connectivity index (χ0n) is 9.40. The Labute approximate surface area is 99.5 Å². The molecule has 1 rings (SSSR count). The van der Waals surface area contributed by atoms with E-state index in [1.807, 2.05) is 37.4 Å². The fourth-order valence-electron chi connectivity index (χ4n) is 1.20. The van der Waals surface area contributed by atoms with Crippen LogP contribution in [0.5, 0.6) is 0 Å². The summed E-state index contributed by atoms with van der Waals surface area (Å²) < 4.78 is 0. The van der Waals surface area contributed by atoms with Crippen molar-refractivity contribution < 1.29 is 9.63 Å². The summed E-state index contributed by atoms with van der Waals surface area (Å²) in [4.78, 5) is 16.6. The van der Waals surface area contributed by atoms with Crippen molar-refractivity contribution in [3.05, 3.63) is 29.8 Å².